The summed E-state index contributed by atoms with van der Waals surface area (Å²) >= 11 is 0. The lowest BCUT2D eigenvalue weighted by atomic mass is 11.8. The molecular formula is CH9O5PSi. The van der Waals surface area contributed by atoms with E-state index in [1.165, 1.54) is 0 Å². The Bertz CT molecular complexity index is 68.2. The summed E-state index contributed by atoms with van der Waals surface area (Å²) in [6.45, 7) is 0. The molecule has 0 aromatic heterocycles. The predicted octanol–water partition coefficient (Wildman–Crippen LogP) is -2.02. The SMILES string of the molecule is CO[SiH3].O=P(O)(O)O. The van der Waals surface area contributed by atoms with Crippen LogP contribution in [0.2, 0.25) is 0 Å². The minimum absolute atomic E-state index is 0.869. The highest BCUT2D eigenvalue weighted by Crippen LogP contribution is 2.25. The van der Waals surface area contributed by atoms with Crippen LogP contribution >= 0.6 is 7.82 Å². The second-order valence-electron chi connectivity index (χ2n) is 0.922. The molecule has 7 heteroatoms. The van der Waals surface area contributed by atoms with Gasteiger partial charge in [-0.1, -0.05) is 0 Å². The van der Waals surface area contributed by atoms with Crippen molar-refractivity contribution in [2.45, 2.75) is 0 Å². The number of phosphoric acid groups is 1. The van der Waals surface area contributed by atoms with E-state index >= 15 is 0 Å². The van der Waals surface area contributed by atoms with Gasteiger partial charge in [-0.05, 0) is 0 Å². The molecule has 0 spiro atoms. The topological polar surface area (TPSA) is 87.0 Å². The average Bonchev–Trinajstić information content (AvgIpc) is 1.27. The Morgan fingerprint density at radius 3 is 1.50 bits per heavy atom. The molecule has 0 aromatic carbocycles. The molecule has 0 aliphatic rings. The van der Waals surface area contributed by atoms with Crippen LogP contribution in [-0.4, -0.2) is 32.3 Å². The molecule has 5 nitrogen and oxygen atoms in total. The maximum atomic E-state index is 8.88. The molecule has 52 valence electrons. The van der Waals surface area contributed by atoms with Gasteiger partial charge in [0.25, 0.3) is 0 Å². The molecule has 0 saturated heterocycles. The number of rotatable bonds is 0. The van der Waals surface area contributed by atoms with Gasteiger partial charge in [0.05, 0.1) is 0 Å². The second-order valence-corrected chi connectivity index (χ2v) is 2.76. The van der Waals surface area contributed by atoms with E-state index < -0.39 is 7.82 Å². The molecule has 3 N–H and O–H groups in total. The molecule has 8 heavy (non-hydrogen) atoms. The van der Waals surface area contributed by atoms with Gasteiger partial charge in [0.15, 0.2) is 0 Å². The zero-order chi connectivity index (χ0) is 7.21. The van der Waals surface area contributed by atoms with Gasteiger partial charge in [-0.3, -0.25) is 0 Å². The Morgan fingerprint density at radius 1 is 1.50 bits per heavy atom. The number of hydrogen-bond donors (Lipinski definition) is 3. The smallest absolute Gasteiger partial charge is 0.431 e. The van der Waals surface area contributed by atoms with Crippen molar-refractivity contribution in [1.29, 1.82) is 0 Å². The van der Waals surface area contributed by atoms with E-state index in [4.69, 9.17) is 19.2 Å². The summed E-state index contributed by atoms with van der Waals surface area (Å²) in [5, 5.41) is 0. The average molecular weight is 160 g/mol. The maximum absolute atomic E-state index is 8.88. The zero-order valence-electron chi connectivity index (χ0n) is 4.61. The van der Waals surface area contributed by atoms with Gasteiger partial charge in [-0.15, -0.1) is 0 Å². The van der Waals surface area contributed by atoms with Crippen molar-refractivity contribution in [1.82, 2.24) is 0 Å². The first-order chi connectivity index (χ1) is 3.41. The van der Waals surface area contributed by atoms with E-state index in [0.717, 1.165) is 10.5 Å². The second kappa shape index (κ2) is 5.42. The summed E-state index contributed by atoms with van der Waals surface area (Å²) < 4.78 is 13.3. The molecule has 0 saturated carbocycles. The van der Waals surface area contributed by atoms with Crippen molar-refractivity contribution < 1.29 is 23.7 Å². The van der Waals surface area contributed by atoms with Crippen LogP contribution in [0.15, 0.2) is 0 Å². The molecule has 0 radical (unpaired) electrons. The van der Waals surface area contributed by atoms with Gasteiger partial charge in [-0.2, -0.15) is 0 Å². The summed E-state index contributed by atoms with van der Waals surface area (Å²) in [5.74, 6) is 0. The van der Waals surface area contributed by atoms with E-state index in [-0.39, 0.29) is 0 Å². The summed E-state index contributed by atoms with van der Waals surface area (Å²) in [6.07, 6.45) is 0. The first-order valence-corrected chi connectivity index (χ1v) is 3.98. The Labute approximate surface area is 50.1 Å². The Kier molecular flexibility index (Phi) is 7.55. The monoisotopic (exact) mass is 160 g/mol. The van der Waals surface area contributed by atoms with Crippen LogP contribution in [0.3, 0.4) is 0 Å². The zero-order valence-corrected chi connectivity index (χ0v) is 7.50. The van der Waals surface area contributed by atoms with Crippen molar-refractivity contribution in [3.63, 3.8) is 0 Å². The summed E-state index contributed by atoms with van der Waals surface area (Å²) in [5.41, 5.74) is 0. The van der Waals surface area contributed by atoms with E-state index in [0.29, 0.717) is 0 Å². The highest BCUT2D eigenvalue weighted by Gasteiger charge is 2.00. The standard InChI is InChI=1S/CH6OSi.H3O4P/c1-2-3;1-5(2,3)4/h1,3H3;(H3,1,2,3,4). The van der Waals surface area contributed by atoms with E-state index in [9.17, 15) is 0 Å². The van der Waals surface area contributed by atoms with Crippen molar-refractivity contribution >= 4 is 18.3 Å². The summed E-state index contributed by atoms with van der Waals surface area (Å²) in [7, 11) is -2.08. The van der Waals surface area contributed by atoms with E-state index in [1.807, 2.05) is 0 Å². The van der Waals surface area contributed by atoms with Crippen LogP contribution in [0.25, 0.3) is 0 Å². The molecule has 0 rings (SSSR count). The highest BCUT2D eigenvalue weighted by molar-refractivity contribution is 7.45. The van der Waals surface area contributed by atoms with Crippen molar-refractivity contribution in [3.8, 4) is 0 Å². The van der Waals surface area contributed by atoms with Gasteiger partial charge >= 0.3 is 7.82 Å². The van der Waals surface area contributed by atoms with Crippen molar-refractivity contribution in [3.05, 3.63) is 0 Å². The van der Waals surface area contributed by atoms with Gasteiger partial charge in [-0.25, -0.2) is 4.57 Å². The third-order valence-electron chi connectivity index (χ3n) is 0. The molecule has 0 aliphatic carbocycles. The predicted molar refractivity (Wildman–Crippen MR) is 31.2 cm³/mol. The minimum Gasteiger partial charge on any atom is -0.431 e. The van der Waals surface area contributed by atoms with Gasteiger partial charge < -0.3 is 19.1 Å². The molecule has 0 bridgehead atoms. The quantitative estimate of drug-likeness (QED) is 0.281. The normalized spacial score (nSPS) is 10.0. The molecule has 0 aliphatic heterocycles. The first kappa shape index (κ1) is 11.1. The van der Waals surface area contributed by atoms with Crippen LogP contribution in [0, 0.1) is 0 Å². The largest absolute Gasteiger partial charge is 0.466 e. The summed E-state index contributed by atoms with van der Waals surface area (Å²) in [4.78, 5) is 21.6. The third-order valence-corrected chi connectivity index (χ3v) is 0. The van der Waals surface area contributed by atoms with E-state index in [2.05, 4.69) is 4.43 Å². The lowest BCUT2D eigenvalue weighted by molar-refractivity contribution is 0.275. The molecule has 0 unspecified atom stereocenters. The molecular weight excluding hydrogens is 151 g/mol. The van der Waals surface area contributed by atoms with Gasteiger partial charge in [0.1, 0.15) is 10.5 Å². The molecule has 0 atom stereocenters. The van der Waals surface area contributed by atoms with Crippen molar-refractivity contribution in [2.24, 2.45) is 0 Å². The first-order valence-electron chi connectivity index (χ1n) is 1.60. The van der Waals surface area contributed by atoms with Crippen LogP contribution in [-0.2, 0) is 8.99 Å². The molecule has 0 aromatic rings. The Hall–Kier alpha value is 0.287. The van der Waals surface area contributed by atoms with Crippen LogP contribution in [0.4, 0.5) is 0 Å². The van der Waals surface area contributed by atoms with Crippen LogP contribution < -0.4 is 0 Å². The maximum Gasteiger partial charge on any atom is 0.466 e. The Balaban J connectivity index is 0. The van der Waals surface area contributed by atoms with Crippen LogP contribution in [0.5, 0.6) is 0 Å². The molecule has 0 heterocycles. The third kappa shape index (κ3) is 2140. The molecule has 0 amide bonds. The molecule has 0 fully saturated rings. The van der Waals surface area contributed by atoms with Gasteiger partial charge in [0, 0.05) is 7.11 Å². The lowest BCUT2D eigenvalue weighted by Crippen LogP contribution is -1.66. The fraction of sp³-hybridized carbons (Fsp3) is 1.00. The highest BCUT2D eigenvalue weighted by atomic mass is 31.2. The van der Waals surface area contributed by atoms with E-state index in [1.54, 1.807) is 7.11 Å². The van der Waals surface area contributed by atoms with Crippen LogP contribution in [0.1, 0.15) is 0 Å². The van der Waals surface area contributed by atoms with Crippen molar-refractivity contribution in [2.75, 3.05) is 7.11 Å². The lowest BCUT2D eigenvalue weighted by Gasteiger charge is -1.82. The summed E-state index contributed by atoms with van der Waals surface area (Å²) in [6, 6.07) is 0. The number of hydrogen-bond acceptors (Lipinski definition) is 2. The fourth-order valence-corrected chi connectivity index (χ4v) is 0. The minimum atomic E-state index is -4.64. The van der Waals surface area contributed by atoms with Gasteiger partial charge in [0.2, 0.25) is 0 Å². The fourth-order valence-electron chi connectivity index (χ4n) is 0. The Morgan fingerprint density at radius 2 is 1.50 bits per heavy atom.